The molecular formula is C20H19N3O2S2. The zero-order valence-corrected chi connectivity index (χ0v) is 16.3. The molecule has 138 valence electrons. The summed E-state index contributed by atoms with van der Waals surface area (Å²) in [6.45, 7) is 2.45. The number of amides is 2. The molecule has 2 fully saturated rings. The lowest BCUT2D eigenvalue weighted by Crippen LogP contribution is -2.51. The van der Waals surface area contributed by atoms with Gasteiger partial charge >= 0.3 is 0 Å². The number of hydrogen-bond acceptors (Lipinski definition) is 5. The van der Waals surface area contributed by atoms with E-state index in [0.29, 0.717) is 37.7 Å². The largest absolute Gasteiger partial charge is 0.339 e. The highest BCUT2D eigenvalue weighted by atomic mass is 32.1. The van der Waals surface area contributed by atoms with Crippen molar-refractivity contribution in [3.05, 3.63) is 51.7 Å². The smallest absolute Gasteiger partial charge is 0.254 e. The zero-order valence-electron chi connectivity index (χ0n) is 14.7. The average molecular weight is 398 g/mol. The van der Waals surface area contributed by atoms with E-state index in [1.807, 2.05) is 34.1 Å². The monoisotopic (exact) mass is 397 g/mol. The first-order valence-corrected chi connectivity index (χ1v) is 10.9. The molecule has 2 amide bonds. The van der Waals surface area contributed by atoms with E-state index < -0.39 is 0 Å². The van der Waals surface area contributed by atoms with Gasteiger partial charge < -0.3 is 9.80 Å². The fraction of sp³-hybridized carbons (Fsp3) is 0.350. The summed E-state index contributed by atoms with van der Waals surface area (Å²) >= 11 is 3.28. The molecule has 2 atom stereocenters. The van der Waals surface area contributed by atoms with Gasteiger partial charge in [-0.2, -0.15) is 0 Å². The molecule has 0 bridgehead atoms. The number of nitrogens with zero attached hydrogens (tertiary/aromatic N) is 3. The van der Waals surface area contributed by atoms with Crippen LogP contribution in [0.5, 0.6) is 0 Å². The van der Waals surface area contributed by atoms with E-state index in [2.05, 4.69) is 16.4 Å². The van der Waals surface area contributed by atoms with Crippen LogP contribution < -0.4 is 0 Å². The summed E-state index contributed by atoms with van der Waals surface area (Å²) < 4.78 is 1.03. The Morgan fingerprint density at radius 1 is 1.04 bits per heavy atom. The SMILES string of the molecule is O=C(c1ccc2ncsc2c1)N1CCN(C(=O)C2CC2c2cccs2)CC1. The number of carbonyl (C=O) groups is 2. The van der Waals surface area contributed by atoms with Crippen LogP contribution in [-0.2, 0) is 4.79 Å². The quantitative estimate of drug-likeness (QED) is 0.680. The summed E-state index contributed by atoms with van der Waals surface area (Å²) in [4.78, 5) is 34.9. The van der Waals surface area contributed by atoms with Gasteiger partial charge in [0, 0.05) is 48.5 Å². The topological polar surface area (TPSA) is 53.5 Å². The molecule has 5 rings (SSSR count). The van der Waals surface area contributed by atoms with Gasteiger partial charge in [0.1, 0.15) is 0 Å². The lowest BCUT2D eigenvalue weighted by atomic mass is 10.1. The van der Waals surface area contributed by atoms with Crippen molar-refractivity contribution in [2.75, 3.05) is 26.2 Å². The summed E-state index contributed by atoms with van der Waals surface area (Å²) in [5, 5.41) is 2.07. The highest BCUT2D eigenvalue weighted by molar-refractivity contribution is 7.16. The molecule has 27 heavy (non-hydrogen) atoms. The predicted molar refractivity (Wildman–Crippen MR) is 107 cm³/mol. The van der Waals surface area contributed by atoms with Gasteiger partial charge in [-0.1, -0.05) is 6.07 Å². The Bertz CT molecular complexity index is 990. The summed E-state index contributed by atoms with van der Waals surface area (Å²) in [5.74, 6) is 0.842. The minimum atomic E-state index is 0.0419. The van der Waals surface area contributed by atoms with Gasteiger partial charge in [-0.05, 0) is 36.1 Å². The molecule has 3 heterocycles. The number of thiophene rings is 1. The normalized spacial score (nSPS) is 22.2. The first-order valence-electron chi connectivity index (χ1n) is 9.15. The third kappa shape index (κ3) is 3.15. The molecule has 2 unspecified atom stereocenters. The molecule has 0 N–H and O–H groups in total. The highest BCUT2D eigenvalue weighted by Gasteiger charge is 2.46. The van der Waals surface area contributed by atoms with Gasteiger partial charge in [0.05, 0.1) is 15.7 Å². The molecule has 2 aromatic heterocycles. The Balaban J connectivity index is 1.20. The minimum absolute atomic E-state index is 0.0419. The highest BCUT2D eigenvalue weighted by Crippen LogP contribution is 2.50. The van der Waals surface area contributed by atoms with Crippen LogP contribution in [0, 0.1) is 5.92 Å². The summed E-state index contributed by atoms with van der Waals surface area (Å²) in [6, 6.07) is 9.84. The first kappa shape index (κ1) is 16.9. The van der Waals surface area contributed by atoms with Gasteiger partial charge in [0.25, 0.3) is 5.91 Å². The molecule has 1 aliphatic heterocycles. The average Bonchev–Trinajstić information content (AvgIpc) is 3.10. The third-order valence-corrected chi connectivity index (χ3v) is 7.27. The number of piperazine rings is 1. The molecule has 0 spiro atoms. The Kier molecular flexibility index (Phi) is 4.21. The summed E-state index contributed by atoms with van der Waals surface area (Å²) in [7, 11) is 0. The summed E-state index contributed by atoms with van der Waals surface area (Å²) in [6.07, 6.45) is 0.966. The zero-order chi connectivity index (χ0) is 18.4. The van der Waals surface area contributed by atoms with Crippen molar-refractivity contribution in [1.82, 2.24) is 14.8 Å². The fourth-order valence-corrected chi connectivity index (χ4v) is 5.44. The second-order valence-electron chi connectivity index (χ2n) is 7.12. The van der Waals surface area contributed by atoms with Crippen LogP contribution >= 0.6 is 22.7 Å². The predicted octanol–water partition coefficient (Wildman–Crippen LogP) is 3.45. The van der Waals surface area contributed by atoms with Crippen LogP contribution in [0.1, 0.15) is 27.6 Å². The number of fused-ring (bicyclic) bond motifs is 1. The van der Waals surface area contributed by atoms with Crippen LogP contribution in [0.25, 0.3) is 10.2 Å². The maximum Gasteiger partial charge on any atom is 0.254 e. The second kappa shape index (κ2) is 6.73. The van der Waals surface area contributed by atoms with E-state index >= 15 is 0 Å². The van der Waals surface area contributed by atoms with Crippen molar-refractivity contribution in [2.24, 2.45) is 5.92 Å². The van der Waals surface area contributed by atoms with E-state index in [1.165, 1.54) is 4.88 Å². The molecule has 3 aromatic rings. The van der Waals surface area contributed by atoms with Gasteiger partial charge in [-0.15, -0.1) is 22.7 Å². The van der Waals surface area contributed by atoms with Crippen LogP contribution in [0.2, 0.25) is 0 Å². The van der Waals surface area contributed by atoms with Crippen LogP contribution in [0.3, 0.4) is 0 Å². The van der Waals surface area contributed by atoms with Crippen LogP contribution in [-0.4, -0.2) is 52.8 Å². The van der Waals surface area contributed by atoms with E-state index in [0.717, 1.165) is 16.6 Å². The van der Waals surface area contributed by atoms with Gasteiger partial charge in [0.15, 0.2) is 0 Å². The summed E-state index contributed by atoms with van der Waals surface area (Å²) in [5.41, 5.74) is 3.42. The van der Waals surface area contributed by atoms with Crippen LogP contribution in [0.15, 0.2) is 41.2 Å². The molecule has 0 radical (unpaired) electrons. The first-order chi connectivity index (χ1) is 13.2. The molecule has 1 aromatic carbocycles. The molecule has 5 nitrogen and oxygen atoms in total. The lowest BCUT2D eigenvalue weighted by molar-refractivity contribution is -0.134. The molecule has 7 heteroatoms. The van der Waals surface area contributed by atoms with Crippen molar-refractivity contribution in [2.45, 2.75) is 12.3 Å². The number of aromatic nitrogens is 1. The molecule has 1 aliphatic carbocycles. The lowest BCUT2D eigenvalue weighted by Gasteiger charge is -2.35. The number of carbonyl (C=O) groups excluding carboxylic acids is 2. The van der Waals surface area contributed by atoms with E-state index in [1.54, 1.807) is 28.2 Å². The van der Waals surface area contributed by atoms with Crippen molar-refractivity contribution < 1.29 is 9.59 Å². The third-order valence-electron chi connectivity index (χ3n) is 5.47. The number of hydrogen-bond donors (Lipinski definition) is 0. The number of benzene rings is 1. The maximum atomic E-state index is 12.8. The number of thiazole rings is 1. The van der Waals surface area contributed by atoms with Gasteiger partial charge in [-0.25, -0.2) is 4.98 Å². The Morgan fingerprint density at radius 3 is 2.63 bits per heavy atom. The van der Waals surface area contributed by atoms with E-state index in [-0.39, 0.29) is 17.7 Å². The second-order valence-corrected chi connectivity index (χ2v) is 8.98. The Hall–Kier alpha value is -2.25. The van der Waals surface area contributed by atoms with Gasteiger partial charge in [0.2, 0.25) is 5.91 Å². The van der Waals surface area contributed by atoms with Crippen LogP contribution in [0.4, 0.5) is 0 Å². The maximum absolute atomic E-state index is 12.8. The van der Waals surface area contributed by atoms with Crippen molar-refractivity contribution in [1.29, 1.82) is 0 Å². The minimum Gasteiger partial charge on any atom is -0.339 e. The molecule has 2 aliphatic rings. The van der Waals surface area contributed by atoms with Crippen molar-refractivity contribution >= 4 is 44.7 Å². The van der Waals surface area contributed by atoms with Crippen molar-refractivity contribution in [3.8, 4) is 0 Å². The molecule has 1 saturated heterocycles. The molecular weight excluding hydrogens is 378 g/mol. The Morgan fingerprint density at radius 2 is 1.85 bits per heavy atom. The van der Waals surface area contributed by atoms with E-state index in [9.17, 15) is 9.59 Å². The number of rotatable bonds is 3. The fourth-order valence-electron chi connectivity index (χ4n) is 3.82. The Labute approximate surface area is 165 Å². The van der Waals surface area contributed by atoms with Gasteiger partial charge in [-0.3, -0.25) is 9.59 Å². The van der Waals surface area contributed by atoms with Crippen molar-refractivity contribution in [3.63, 3.8) is 0 Å². The standard InChI is InChI=1S/C20H19N3O2S2/c24-19(13-3-4-16-18(10-13)27-12-21-16)22-5-7-23(8-6-22)20(25)15-11-14(15)17-2-1-9-26-17/h1-4,9-10,12,14-15H,5-8,11H2. The molecule has 1 saturated carbocycles. The van der Waals surface area contributed by atoms with E-state index in [4.69, 9.17) is 0 Å².